The van der Waals surface area contributed by atoms with Crippen LogP contribution in [0.4, 0.5) is 0 Å². The summed E-state index contributed by atoms with van der Waals surface area (Å²) in [5.41, 5.74) is 3.26. The van der Waals surface area contributed by atoms with Crippen LogP contribution in [0.5, 0.6) is 5.75 Å². The van der Waals surface area contributed by atoms with Gasteiger partial charge >= 0.3 is 0 Å². The van der Waals surface area contributed by atoms with E-state index in [1.54, 1.807) is 36.7 Å². The minimum absolute atomic E-state index is 0.0741. The lowest BCUT2D eigenvalue weighted by atomic mass is 9.93. The van der Waals surface area contributed by atoms with Crippen LogP contribution in [0.25, 0.3) is 5.76 Å². The molecule has 2 aromatic carbocycles. The Balaban J connectivity index is 1.84. The lowest BCUT2D eigenvalue weighted by molar-refractivity contribution is -0.140. The molecule has 1 amide bonds. The number of pyridine rings is 1. The first-order valence-corrected chi connectivity index (χ1v) is 11.4. The summed E-state index contributed by atoms with van der Waals surface area (Å²) in [5.74, 6) is -0.632. The number of benzene rings is 2. The second-order valence-electron chi connectivity index (χ2n) is 8.56. The summed E-state index contributed by atoms with van der Waals surface area (Å²) in [7, 11) is 0. The first-order valence-electron chi connectivity index (χ1n) is 11.4. The van der Waals surface area contributed by atoms with Gasteiger partial charge in [-0.05, 0) is 53.8 Å². The van der Waals surface area contributed by atoms with Crippen LogP contribution in [0.2, 0.25) is 0 Å². The fourth-order valence-corrected chi connectivity index (χ4v) is 4.19. The number of rotatable bonds is 7. The fourth-order valence-electron chi connectivity index (χ4n) is 4.19. The number of carbonyl (C=O) groups is 2. The maximum absolute atomic E-state index is 13.2. The lowest BCUT2D eigenvalue weighted by Crippen LogP contribution is -2.29. The van der Waals surface area contributed by atoms with Gasteiger partial charge in [0, 0.05) is 24.5 Å². The Hall–Kier alpha value is -3.93. The molecule has 2 heterocycles. The molecule has 1 fully saturated rings. The third-order valence-electron chi connectivity index (χ3n) is 5.98. The number of amides is 1. The molecule has 1 saturated heterocycles. The Morgan fingerprint density at radius 2 is 1.76 bits per heavy atom. The quantitative estimate of drug-likeness (QED) is 0.299. The van der Waals surface area contributed by atoms with Crippen molar-refractivity contribution < 1.29 is 19.4 Å². The Kier molecular flexibility index (Phi) is 6.77. The molecule has 1 aromatic heterocycles. The molecule has 0 bridgehead atoms. The van der Waals surface area contributed by atoms with Gasteiger partial charge in [-0.1, -0.05) is 50.2 Å². The molecule has 0 spiro atoms. The molecule has 0 aliphatic carbocycles. The number of hydrogen-bond acceptors (Lipinski definition) is 5. The molecule has 174 valence electrons. The minimum Gasteiger partial charge on any atom is -0.507 e. The van der Waals surface area contributed by atoms with E-state index in [2.05, 4.69) is 18.8 Å². The molecular formula is C28H28N2O4. The number of ketones is 1. The number of aliphatic hydroxyl groups excluding tert-OH is 1. The van der Waals surface area contributed by atoms with Crippen LogP contribution in [-0.4, -0.2) is 33.3 Å². The fraction of sp³-hybridized carbons (Fsp3) is 0.250. The molecule has 1 atom stereocenters. The van der Waals surface area contributed by atoms with E-state index in [1.807, 2.05) is 43.3 Å². The second-order valence-corrected chi connectivity index (χ2v) is 8.56. The van der Waals surface area contributed by atoms with Crippen molar-refractivity contribution in [2.45, 2.75) is 39.3 Å². The molecule has 34 heavy (non-hydrogen) atoms. The normalized spacial score (nSPS) is 17.4. The number of Topliss-reactive ketones (excluding diaryl/α,β-unsaturated/α-hetero) is 1. The van der Waals surface area contributed by atoms with Crippen molar-refractivity contribution in [2.24, 2.45) is 0 Å². The third-order valence-corrected chi connectivity index (χ3v) is 5.98. The first-order chi connectivity index (χ1) is 16.4. The van der Waals surface area contributed by atoms with Crippen molar-refractivity contribution in [3.63, 3.8) is 0 Å². The summed E-state index contributed by atoms with van der Waals surface area (Å²) in [5, 5.41) is 11.3. The average molecular weight is 457 g/mol. The highest BCUT2D eigenvalue weighted by molar-refractivity contribution is 6.46. The summed E-state index contributed by atoms with van der Waals surface area (Å²) >= 11 is 0. The first kappa shape index (κ1) is 23.2. The van der Waals surface area contributed by atoms with Gasteiger partial charge in [-0.25, -0.2) is 0 Å². The van der Waals surface area contributed by atoms with Gasteiger partial charge in [0.2, 0.25) is 0 Å². The predicted octanol–water partition coefficient (Wildman–Crippen LogP) is 5.23. The zero-order valence-corrected chi connectivity index (χ0v) is 19.6. The predicted molar refractivity (Wildman–Crippen MR) is 130 cm³/mol. The smallest absolute Gasteiger partial charge is 0.295 e. The minimum atomic E-state index is -0.717. The van der Waals surface area contributed by atoms with Gasteiger partial charge in [0.15, 0.2) is 0 Å². The highest BCUT2D eigenvalue weighted by Crippen LogP contribution is 2.40. The molecule has 0 saturated carbocycles. The lowest BCUT2D eigenvalue weighted by Gasteiger charge is -2.26. The monoisotopic (exact) mass is 456 g/mol. The SMILES string of the molecule is CCOc1cccc(/C(O)=C2\C(=O)C(=O)N(Cc3ccncc3)C2c2ccc(C(C)C)cc2)c1. The largest absolute Gasteiger partial charge is 0.507 e. The van der Waals surface area contributed by atoms with Gasteiger partial charge < -0.3 is 14.7 Å². The van der Waals surface area contributed by atoms with E-state index < -0.39 is 17.7 Å². The maximum atomic E-state index is 13.2. The molecular weight excluding hydrogens is 428 g/mol. The number of aliphatic hydroxyl groups is 1. The van der Waals surface area contributed by atoms with Crippen molar-refractivity contribution in [2.75, 3.05) is 6.61 Å². The Morgan fingerprint density at radius 3 is 2.41 bits per heavy atom. The zero-order valence-electron chi connectivity index (χ0n) is 19.6. The van der Waals surface area contributed by atoms with Crippen molar-refractivity contribution >= 4 is 17.4 Å². The molecule has 1 aliphatic rings. The molecule has 1 aliphatic heterocycles. The van der Waals surface area contributed by atoms with Gasteiger partial charge in [-0.2, -0.15) is 0 Å². The molecule has 3 aromatic rings. The molecule has 4 rings (SSSR count). The van der Waals surface area contributed by atoms with Crippen molar-refractivity contribution in [1.82, 2.24) is 9.88 Å². The average Bonchev–Trinajstić information content (AvgIpc) is 3.09. The van der Waals surface area contributed by atoms with Gasteiger partial charge in [0.25, 0.3) is 11.7 Å². The van der Waals surface area contributed by atoms with E-state index >= 15 is 0 Å². The zero-order chi connectivity index (χ0) is 24.2. The summed E-state index contributed by atoms with van der Waals surface area (Å²) < 4.78 is 5.55. The van der Waals surface area contributed by atoms with Crippen molar-refractivity contribution in [3.8, 4) is 5.75 Å². The number of likely N-dealkylation sites (tertiary alicyclic amines) is 1. The van der Waals surface area contributed by atoms with Crippen molar-refractivity contribution in [3.05, 3.63) is 101 Å². The van der Waals surface area contributed by atoms with Crippen LogP contribution in [0.3, 0.4) is 0 Å². The van der Waals surface area contributed by atoms with E-state index in [0.717, 1.165) is 16.7 Å². The number of carbonyl (C=O) groups excluding carboxylic acids is 2. The van der Waals surface area contributed by atoms with Crippen LogP contribution >= 0.6 is 0 Å². The van der Waals surface area contributed by atoms with Crippen LogP contribution in [0.15, 0.2) is 78.6 Å². The maximum Gasteiger partial charge on any atom is 0.295 e. The van der Waals surface area contributed by atoms with Gasteiger partial charge in [0.1, 0.15) is 11.5 Å². The Bertz CT molecular complexity index is 1220. The number of nitrogens with zero attached hydrogens (tertiary/aromatic N) is 2. The van der Waals surface area contributed by atoms with E-state index in [1.165, 1.54) is 4.90 Å². The topological polar surface area (TPSA) is 79.7 Å². The Labute approximate surface area is 199 Å². The highest BCUT2D eigenvalue weighted by atomic mass is 16.5. The highest BCUT2D eigenvalue weighted by Gasteiger charge is 2.46. The van der Waals surface area contributed by atoms with Gasteiger partial charge in [0.05, 0.1) is 18.2 Å². The molecule has 6 heteroatoms. The molecule has 1 N–H and O–H groups in total. The Morgan fingerprint density at radius 1 is 1.06 bits per heavy atom. The summed E-state index contributed by atoms with van der Waals surface area (Å²) in [6.45, 7) is 6.78. The second kappa shape index (κ2) is 9.91. The van der Waals surface area contributed by atoms with E-state index in [-0.39, 0.29) is 17.9 Å². The molecule has 1 unspecified atom stereocenters. The number of ether oxygens (including phenoxy) is 1. The van der Waals surface area contributed by atoms with Crippen LogP contribution in [-0.2, 0) is 16.1 Å². The number of hydrogen-bond donors (Lipinski definition) is 1. The van der Waals surface area contributed by atoms with Crippen LogP contribution < -0.4 is 4.74 Å². The van der Waals surface area contributed by atoms with Crippen LogP contribution in [0.1, 0.15) is 55.0 Å². The van der Waals surface area contributed by atoms with Crippen LogP contribution in [0, 0.1) is 0 Å². The number of aromatic nitrogens is 1. The summed E-state index contributed by atoms with van der Waals surface area (Å²) in [4.78, 5) is 32.0. The van der Waals surface area contributed by atoms with Crippen molar-refractivity contribution in [1.29, 1.82) is 0 Å². The molecule has 6 nitrogen and oxygen atoms in total. The third kappa shape index (κ3) is 4.57. The van der Waals surface area contributed by atoms with E-state index in [0.29, 0.717) is 23.8 Å². The van der Waals surface area contributed by atoms with Gasteiger partial charge in [-0.15, -0.1) is 0 Å². The summed E-state index contributed by atoms with van der Waals surface area (Å²) in [6, 6.07) is 17.7. The van der Waals surface area contributed by atoms with E-state index in [4.69, 9.17) is 4.74 Å². The molecule has 0 radical (unpaired) electrons. The summed E-state index contributed by atoms with van der Waals surface area (Å²) in [6.07, 6.45) is 3.30. The van der Waals surface area contributed by atoms with Gasteiger partial charge in [-0.3, -0.25) is 14.6 Å². The van der Waals surface area contributed by atoms with E-state index in [9.17, 15) is 14.7 Å². The standard InChI is InChI=1S/C28H28N2O4/c1-4-34-23-7-5-6-22(16-23)26(31)24-25(21-10-8-20(9-11-21)18(2)3)30(28(33)27(24)32)17-19-12-14-29-15-13-19/h5-16,18,25,31H,4,17H2,1-3H3/b26-24+.